The molecule has 1 fully saturated rings. The Morgan fingerprint density at radius 1 is 1.25 bits per heavy atom. The molecule has 1 aromatic carbocycles. The van der Waals surface area contributed by atoms with Gasteiger partial charge in [0.25, 0.3) is 0 Å². The summed E-state index contributed by atoms with van der Waals surface area (Å²) in [6.45, 7) is 3.31. The number of halogens is 1. The first-order valence-corrected chi connectivity index (χ1v) is 11.4. The maximum atomic E-state index is 12.7. The Kier molecular flexibility index (Phi) is 6.05. The first-order valence-electron chi connectivity index (χ1n) is 9.51. The Balaban J connectivity index is 1.86. The molecule has 1 aliphatic carbocycles. The highest BCUT2D eigenvalue weighted by Crippen LogP contribution is 2.34. The number of anilines is 1. The number of para-hydroxylation sites is 1. The van der Waals surface area contributed by atoms with Crippen LogP contribution in [0.3, 0.4) is 0 Å². The van der Waals surface area contributed by atoms with Gasteiger partial charge in [-0.15, -0.1) is 0 Å². The van der Waals surface area contributed by atoms with E-state index in [4.69, 9.17) is 23.1 Å². The van der Waals surface area contributed by atoms with Crippen LogP contribution in [0.15, 0.2) is 45.0 Å². The van der Waals surface area contributed by atoms with Crippen molar-refractivity contribution in [2.75, 3.05) is 5.32 Å². The number of aliphatic imine (C=N–C) groups is 1. The molecule has 2 aliphatic rings. The molecule has 1 aliphatic heterocycles. The van der Waals surface area contributed by atoms with Crippen LogP contribution < -0.4 is 22.1 Å². The van der Waals surface area contributed by atoms with E-state index in [0.29, 0.717) is 16.5 Å². The van der Waals surface area contributed by atoms with Gasteiger partial charge in [0.2, 0.25) is 0 Å². The monoisotopic (exact) mass is 425 g/mol. The number of rotatable bonds is 5. The lowest BCUT2D eigenvalue weighted by molar-refractivity contribution is 0.176. The first kappa shape index (κ1) is 21.1. The van der Waals surface area contributed by atoms with Crippen molar-refractivity contribution < 1.29 is 8.42 Å². The van der Waals surface area contributed by atoms with Crippen molar-refractivity contribution in [3.63, 3.8) is 0 Å². The Labute approximate surface area is 171 Å². The van der Waals surface area contributed by atoms with Gasteiger partial charge in [-0.2, -0.15) is 0 Å². The molecule has 1 saturated carbocycles. The van der Waals surface area contributed by atoms with Gasteiger partial charge < -0.3 is 16.4 Å². The number of nitrogens with zero attached hydrogens (tertiary/aromatic N) is 1. The molecular weight excluding hydrogens is 398 g/mol. The first-order chi connectivity index (χ1) is 13.1. The SMILES string of the molecule is CC(C)S(=O)(=O)c1ccccc1NC1=C(Cl)C=NC(N)(C2CCC(N)CC2)N1. The van der Waals surface area contributed by atoms with Crippen LogP contribution in [-0.4, -0.2) is 31.7 Å². The molecule has 154 valence electrons. The Morgan fingerprint density at radius 2 is 1.89 bits per heavy atom. The van der Waals surface area contributed by atoms with Gasteiger partial charge in [-0.3, -0.25) is 5.73 Å². The molecule has 28 heavy (non-hydrogen) atoms. The molecule has 1 unspecified atom stereocenters. The van der Waals surface area contributed by atoms with Gasteiger partial charge in [0.1, 0.15) is 5.82 Å². The normalized spacial score (nSPS) is 28.4. The second-order valence-corrected chi connectivity index (χ2v) is 10.6. The van der Waals surface area contributed by atoms with Gasteiger partial charge >= 0.3 is 0 Å². The summed E-state index contributed by atoms with van der Waals surface area (Å²) in [5.41, 5.74) is 13.0. The van der Waals surface area contributed by atoms with E-state index in [-0.39, 0.29) is 16.9 Å². The summed E-state index contributed by atoms with van der Waals surface area (Å²) in [4.78, 5) is 4.66. The topological polar surface area (TPSA) is 123 Å². The summed E-state index contributed by atoms with van der Waals surface area (Å²) in [6, 6.07) is 6.96. The minimum Gasteiger partial charge on any atom is -0.340 e. The van der Waals surface area contributed by atoms with Gasteiger partial charge in [0, 0.05) is 18.2 Å². The van der Waals surface area contributed by atoms with Crippen LogP contribution >= 0.6 is 11.6 Å². The molecule has 0 amide bonds. The number of nitrogens with one attached hydrogen (secondary N) is 2. The summed E-state index contributed by atoms with van der Waals surface area (Å²) in [5.74, 6) is -0.451. The zero-order valence-electron chi connectivity index (χ0n) is 16.2. The standard InChI is InChI=1S/C19H28ClN5O2S/c1-12(2)28(26,27)17-6-4-3-5-16(17)24-18-15(20)11-23-19(22,25-18)13-7-9-14(21)10-8-13/h3-6,11-14,24-25H,7-10,21-22H2,1-2H3. The number of allylic oxidation sites excluding steroid dienone is 1. The van der Waals surface area contributed by atoms with Crippen molar-refractivity contribution in [3.05, 3.63) is 35.1 Å². The largest absolute Gasteiger partial charge is 0.340 e. The molecule has 0 saturated heterocycles. The summed E-state index contributed by atoms with van der Waals surface area (Å²) < 4.78 is 25.4. The van der Waals surface area contributed by atoms with Gasteiger partial charge in [0.05, 0.1) is 20.9 Å². The second kappa shape index (κ2) is 8.02. The summed E-state index contributed by atoms with van der Waals surface area (Å²) in [5, 5.41) is 6.12. The highest BCUT2D eigenvalue weighted by molar-refractivity contribution is 7.92. The summed E-state index contributed by atoms with van der Waals surface area (Å²) in [7, 11) is -3.47. The molecule has 1 aromatic rings. The van der Waals surface area contributed by atoms with Crippen molar-refractivity contribution in [2.24, 2.45) is 22.4 Å². The Hall–Kier alpha value is -1.61. The van der Waals surface area contributed by atoms with Crippen LogP contribution in [0.2, 0.25) is 0 Å². The maximum Gasteiger partial charge on any atom is 0.186 e. The molecule has 0 aromatic heterocycles. The smallest absolute Gasteiger partial charge is 0.186 e. The number of sulfone groups is 1. The molecular formula is C19H28ClN5O2S. The Morgan fingerprint density at radius 3 is 2.54 bits per heavy atom. The van der Waals surface area contributed by atoms with Crippen molar-refractivity contribution in [2.45, 2.75) is 61.5 Å². The third-order valence-corrected chi connectivity index (χ3v) is 7.92. The molecule has 7 nitrogen and oxygen atoms in total. The lowest BCUT2D eigenvalue weighted by Gasteiger charge is -2.41. The second-order valence-electron chi connectivity index (χ2n) is 7.76. The van der Waals surface area contributed by atoms with Crippen LogP contribution in [0.4, 0.5) is 5.69 Å². The molecule has 0 spiro atoms. The minimum atomic E-state index is -3.47. The van der Waals surface area contributed by atoms with E-state index in [0.717, 1.165) is 25.7 Å². The van der Waals surface area contributed by atoms with E-state index in [1.165, 1.54) is 6.21 Å². The Bertz CT molecular complexity index is 891. The van der Waals surface area contributed by atoms with E-state index in [9.17, 15) is 8.42 Å². The average molecular weight is 426 g/mol. The van der Waals surface area contributed by atoms with Gasteiger partial charge in [-0.1, -0.05) is 23.7 Å². The summed E-state index contributed by atoms with van der Waals surface area (Å²) >= 11 is 6.33. The molecule has 1 atom stereocenters. The fraction of sp³-hybridized carbons (Fsp3) is 0.526. The van der Waals surface area contributed by atoms with Crippen molar-refractivity contribution >= 4 is 33.3 Å². The maximum absolute atomic E-state index is 12.7. The highest BCUT2D eigenvalue weighted by atomic mass is 35.5. The third-order valence-electron chi connectivity index (χ3n) is 5.42. The minimum absolute atomic E-state index is 0.111. The average Bonchev–Trinajstić information content (AvgIpc) is 2.65. The van der Waals surface area contributed by atoms with Crippen LogP contribution in [0.5, 0.6) is 0 Å². The van der Waals surface area contributed by atoms with Crippen molar-refractivity contribution in [1.29, 1.82) is 0 Å². The van der Waals surface area contributed by atoms with E-state index in [1.807, 2.05) is 0 Å². The van der Waals surface area contributed by atoms with E-state index in [1.54, 1.807) is 38.1 Å². The van der Waals surface area contributed by atoms with E-state index in [2.05, 4.69) is 15.6 Å². The fourth-order valence-electron chi connectivity index (χ4n) is 3.58. The van der Waals surface area contributed by atoms with E-state index < -0.39 is 20.9 Å². The molecule has 0 bridgehead atoms. The number of hydrogen-bond donors (Lipinski definition) is 4. The molecule has 3 rings (SSSR count). The number of benzene rings is 1. The zero-order chi connectivity index (χ0) is 20.5. The van der Waals surface area contributed by atoms with Gasteiger partial charge in [-0.05, 0) is 51.7 Å². The van der Waals surface area contributed by atoms with Gasteiger partial charge in [0.15, 0.2) is 15.6 Å². The predicted octanol–water partition coefficient (Wildman–Crippen LogP) is 2.49. The van der Waals surface area contributed by atoms with Crippen molar-refractivity contribution in [3.8, 4) is 0 Å². The molecule has 1 heterocycles. The lowest BCUT2D eigenvalue weighted by Crippen LogP contribution is -2.60. The molecule has 6 N–H and O–H groups in total. The number of nitrogens with two attached hydrogens (primary N) is 2. The van der Waals surface area contributed by atoms with E-state index >= 15 is 0 Å². The zero-order valence-corrected chi connectivity index (χ0v) is 17.7. The molecule has 0 radical (unpaired) electrons. The number of hydrogen-bond acceptors (Lipinski definition) is 7. The lowest BCUT2D eigenvalue weighted by atomic mass is 9.82. The highest BCUT2D eigenvalue weighted by Gasteiger charge is 2.39. The molecule has 9 heteroatoms. The fourth-order valence-corrected chi connectivity index (χ4v) is 4.93. The quantitative estimate of drug-likeness (QED) is 0.574. The summed E-state index contributed by atoms with van der Waals surface area (Å²) in [6.07, 6.45) is 5.05. The van der Waals surface area contributed by atoms with Crippen molar-refractivity contribution in [1.82, 2.24) is 5.32 Å². The van der Waals surface area contributed by atoms with Crippen LogP contribution in [0.1, 0.15) is 39.5 Å². The van der Waals surface area contributed by atoms with Gasteiger partial charge in [-0.25, -0.2) is 13.4 Å². The van der Waals surface area contributed by atoms with Crippen LogP contribution in [0, 0.1) is 5.92 Å². The van der Waals surface area contributed by atoms with Crippen LogP contribution in [0.25, 0.3) is 0 Å². The van der Waals surface area contributed by atoms with Crippen LogP contribution in [-0.2, 0) is 9.84 Å². The third kappa shape index (κ3) is 4.20. The predicted molar refractivity (Wildman–Crippen MR) is 114 cm³/mol.